The minimum atomic E-state index is -1.15. The summed E-state index contributed by atoms with van der Waals surface area (Å²) in [5, 5.41) is 17.5. The van der Waals surface area contributed by atoms with Gasteiger partial charge in [-0.15, -0.1) is 10.2 Å². The van der Waals surface area contributed by atoms with E-state index in [1.54, 1.807) is 4.90 Å². The number of anilines is 1. The number of thioether (sulfide) groups is 1. The van der Waals surface area contributed by atoms with Crippen LogP contribution in [0.1, 0.15) is 14.8 Å². The van der Waals surface area contributed by atoms with E-state index in [1.807, 2.05) is 0 Å². The molecule has 0 aliphatic carbocycles. The van der Waals surface area contributed by atoms with Gasteiger partial charge in [0.05, 0.1) is 6.04 Å². The van der Waals surface area contributed by atoms with E-state index in [9.17, 15) is 19.5 Å². The third kappa shape index (κ3) is 2.78. The van der Waals surface area contributed by atoms with Crippen LogP contribution in [0.5, 0.6) is 0 Å². The molecule has 0 spiro atoms. The van der Waals surface area contributed by atoms with Gasteiger partial charge < -0.3 is 17.2 Å². The summed E-state index contributed by atoms with van der Waals surface area (Å²) in [6, 6.07) is -0.762. The molecule has 25 heavy (non-hydrogen) atoms. The van der Waals surface area contributed by atoms with Crippen molar-refractivity contribution in [3.8, 4) is 0 Å². The van der Waals surface area contributed by atoms with Crippen LogP contribution in [0.2, 0.25) is 0 Å². The molecular weight excluding hydrogens is 377 g/mol. The fraction of sp³-hybridized carbons (Fsp3) is 0.462. The van der Waals surface area contributed by atoms with Crippen molar-refractivity contribution in [2.45, 2.75) is 29.8 Å². The Labute approximate surface area is 174 Å². The fourth-order valence-corrected chi connectivity index (χ4v) is 5.61. The van der Waals surface area contributed by atoms with Crippen LogP contribution in [0.4, 0.5) is 5.13 Å². The maximum Gasteiger partial charge on any atom is 1.00 e. The number of nitrogen functional groups attached to an aromatic ring is 1. The fourth-order valence-electron chi connectivity index (χ4n) is 3.67. The van der Waals surface area contributed by atoms with Gasteiger partial charge in [0, 0.05) is 24.3 Å². The second-order valence-corrected chi connectivity index (χ2v) is 8.22. The number of nitrogens with two attached hydrogens (primary N) is 1. The number of amides is 2. The van der Waals surface area contributed by atoms with Gasteiger partial charge in [0.1, 0.15) is 11.7 Å². The monoisotopic (exact) mass is 391 g/mol. The zero-order chi connectivity index (χ0) is 17.2. The van der Waals surface area contributed by atoms with Gasteiger partial charge in [-0.3, -0.25) is 14.5 Å². The SMILES string of the molecule is CC(=O)N1C[C@H]2CC(Sc3nnc(N)s3)=C(C(=O)O)N3C(=O)[C@@H]1[C@@H]23.[H-].[Na+]. The zero-order valence-electron chi connectivity index (χ0n) is 14.5. The average Bonchev–Trinajstić information content (AvgIpc) is 3.07. The number of carbonyl (C=O) groups excluding carboxylic acids is 2. The maximum absolute atomic E-state index is 12.5. The summed E-state index contributed by atoms with van der Waals surface area (Å²) in [5.41, 5.74) is 5.55. The molecule has 0 unspecified atom stereocenters. The standard InChI is InChI=1S/C13H13N5O4S2.Na.H/c1-4(19)17-3-5-2-6(23-13-16-15-12(14)24-13)8(11(21)22)18-7(5)9(17)10(18)20;;/h5,7,9H,2-3H2,1H3,(H2,14,15)(H,21,22);;/q;+1;-1/t5-,7-,9+;;/m1../s1. The first-order valence-electron chi connectivity index (χ1n) is 7.22. The van der Waals surface area contributed by atoms with Crippen LogP contribution >= 0.6 is 23.1 Å². The van der Waals surface area contributed by atoms with Crippen molar-refractivity contribution < 1.29 is 50.5 Å². The van der Waals surface area contributed by atoms with Gasteiger partial charge in [-0.2, -0.15) is 0 Å². The molecule has 0 aromatic carbocycles. The number of allylic oxidation sites excluding steroid dienone is 1. The number of hydrogen-bond donors (Lipinski definition) is 2. The van der Waals surface area contributed by atoms with Crippen molar-refractivity contribution in [3.05, 3.63) is 10.6 Å². The average molecular weight is 391 g/mol. The van der Waals surface area contributed by atoms with E-state index in [4.69, 9.17) is 5.73 Å². The summed E-state index contributed by atoms with van der Waals surface area (Å²) >= 11 is 2.34. The molecule has 3 N–H and O–H groups in total. The van der Waals surface area contributed by atoms with Crippen LogP contribution in [-0.2, 0) is 14.4 Å². The molecule has 2 amide bonds. The normalized spacial score (nSPS) is 26.9. The van der Waals surface area contributed by atoms with Crippen LogP contribution in [0.3, 0.4) is 0 Å². The molecule has 0 saturated carbocycles. The summed E-state index contributed by atoms with van der Waals surface area (Å²) in [5.74, 6) is -1.61. The molecule has 0 radical (unpaired) electrons. The number of carbonyl (C=O) groups is 3. The molecule has 1 aromatic heterocycles. The number of aromatic nitrogens is 2. The minimum Gasteiger partial charge on any atom is -1.00 e. The van der Waals surface area contributed by atoms with Crippen molar-refractivity contribution in [1.29, 1.82) is 0 Å². The topological polar surface area (TPSA) is 130 Å². The Bertz CT molecular complexity index is 818. The Kier molecular flexibility index (Phi) is 4.88. The molecule has 3 aliphatic heterocycles. The van der Waals surface area contributed by atoms with E-state index in [2.05, 4.69) is 10.2 Å². The summed E-state index contributed by atoms with van der Waals surface area (Å²) in [6.45, 7) is 1.89. The van der Waals surface area contributed by atoms with Gasteiger partial charge in [-0.25, -0.2) is 4.79 Å². The summed E-state index contributed by atoms with van der Waals surface area (Å²) in [6.07, 6.45) is 0.487. The number of aliphatic carboxylic acids is 1. The summed E-state index contributed by atoms with van der Waals surface area (Å²) in [7, 11) is 0. The molecule has 1 aromatic rings. The van der Waals surface area contributed by atoms with E-state index in [0.29, 0.717) is 27.3 Å². The third-order valence-electron chi connectivity index (χ3n) is 4.55. The first kappa shape index (κ1) is 18.6. The molecule has 9 nitrogen and oxygen atoms in total. The first-order valence-corrected chi connectivity index (χ1v) is 8.85. The van der Waals surface area contributed by atoms with Crippen LogP contribution in [-0.4, -0.2) is 61.5 Å². The number of carboxylic acid groups (broad SMARTS) is 1. The molecular formula is C13H14N5NaO4S2. The number of rotatable bonds is 3. The van der Waals surface area contributed by atoms with E-state index in [-0.39, 0.29) is 60.5 Å². The van der Waals surface area contributed by atoms with Crippen LogP contribution < -0.4 is 35.3 Å². The minimum absolute atomic E-state index is 0. The molecule has 3 aliphatic rings. The third-order valence-corrected chi connectivity index (χ3v) is 6.46. The second-order valence-electron chi connectivity index (χ2n) is 5.86. The molecule has 4 heterocycles. The van der Waals surface area contributed by atoms with Gasteiger partial charge in [-0.1, -0.05) is 23.1 Å². The summed E-state index contributed by atoms with van der Waals surface area (Å²) in [4.78, 5) is 39.4. The number of β-lactam (4-membered cyclic amide) rings is 1. The second kappa shape index (κ2) is 6.54. The van der Waals surface area contributed by atoms with Gasteiger partial charge in [0.25, 0.3) is 5.91 Å². The Balaban J connectivity index is 0.00000121. The Morgan fingerprint density at radius 3 is 2.72 bits per heavy atom. The Morgan fingerprint density at radius 1 is 1.44 bits per heavy atom. The number of carboxylic acids is 1. The molecule has 128 valence electrons. The molecule has 2 saturated heterocycles. The van der Waals surface area contributed by atoms with Crippen LogP contribution in [0.15, 0.2) is 14.9 Å². The Hall–Kier alpha value is -1.14. The number of hydrogen-bond acceptors (Lipinski definition) is 8. The van der Waals surface area contributed by atoms with Crippen molar-refractivity contribution in [2.75, 3.05) is 12.3 Å². The van der Waals surface area contributed by atoms with Crippen LogP contribution in [0, 0.1) is 5.92 Å². The largest absolute Gasteiger partial charge is 1.00 e. The van der Waals surface area contributed by atoms with Crippen molar-refractivity contribution >= 4 is 46.0 Å². The summed E-state index contributed by atoms with van der Waals surface area (Å²) < 4.78 is 0.533. The maximum atomic E-state index is 12.5. The van der Waals surface area contributed by atoms with Gasteiger partial charge in [-0.05, 0) is 6.42 Å². The van der Waals surface area contributed by atoms with Crippen molar-refractivity contribution in [3.63, 3.8) is 0 Å². The van der Waals surface area contributed by atoms with Gasteiger partial charge >= 0.3 is 35.5 Å². The molecule has 12 heteroatoms. The van der Waals surface area contributed by atoms with Crippen molar-refractivity contribution in [2.24, 2.45) is 5.92 Å². The molecule has 3 atom stereocenters. The quantitative estimate of drug-likeness (QED) is 0.414. The predicted molar refractivity (Wildman–Crippen MR) is 85.9 cm³/mol. The van der Waals surface area contributed by atoms with Gasteiger partial charge in [0.15, 0.2) is 4.34 Å². The number of nitrogens with zero attached hydrogens (tertiary/aromatic N) is 4. The molecule has 2 fully saturated rings. The van der Waals surface area contributed by atoms with Crippen LogP contribution in [0.25, 0.3) is 0 Å². The smallest absolute Gasteiger partial charge is 1.00 e. The van der Waals surface area contributed by atoms with E-state index in [1.165, 1.54) is 23.6 Å². The number of likely N-dealkylation sites (tertiary alicyclic amines) is 1. The molecule has 4 rings (SSSR count). The van der Waals surface area contributed by atoms with Gasteiger partial charge in [0.2, 0.25) is 11.0 Å². The van der Waals surface area contributed by atoms with E-state index in [0.717, 1.165) is 11.3 Å². The van der Waals surface area contributed by atoms with E-state index >= 15 is 0 Å². The zero-order valence-corrected chi connectivity index (χ0v) is 17.1. The molecule has 0 bridgehead atoms. The van der Waals surface area contributed by atoms with E-state index < -0.39 is 12.0 Å². The predicted octanol–water partition coefficient (Wildman–Crippen LogP) is -2.91. The Morgan fingerprint density at radius 2 is 2.16 bits per heavy atom. The first-order chi connectivity index (χ1) is 11.4. The van der Waals surface area contributed by atoms with Crippen molar-refractivity contribution in [1.82, 2.24) is 20.0 Å².